The van der Waals surface area contributed by atoms with E-state index >= 15 is 0 Å². The van der Waals surface area contributed by atoms with E-state index in [1.165, 1.54) is 9.75 Å². The van der Waals surface area contributed by atoms with Crippen molar-refractivity contribution in [2.75, 3.05) is 6.54 Å². The molecule has 1 aromatic heterocycles. The van der Waals surface area contributed by atoms with Crippen LogP contribution in [0.3, 0.4) is 0 Å². The van der Waals surface area contributed by atoms with Crippen LogP contribution in [0, 0.1) is 18.7 Å². The van der Waals surface area contributed by atoms with Gasteiger partial charge in [0.1, 0.15) is 5.82 Å². The molecule has 1 nitrogen and oxygen atoms in total. The highest BCUT2D eigenvalue weighted by atomic mass is 32.1. The number of hydrogen-bond donors (Lipinski definition) is 1. The Hall–Kier alpha value is -1.19. The maximum atomic E-state index is 13.3. The summed E-state index contributed by atoms with van der Waals surface area (Å²) in [5.74, 6) is 0.412. The molecule has 0 aliphatic rings. The number of benzene rings is 1. The molecule has 0 aliphatic heterocycles. The Bertz CT molecular complexity index is 574. The van der Waals surface area contributed by atoms with Crippen LogP contribution in [0.25, 0.3) is 10.4 Å². The molecule has 1 N–H and O–H groups in total. The molecule has 20 heavy (non-hydrogen) atoms. The fraction of sp³-hybridized carbons (Fsp3) is 0.412. The number of hydrogen-bond acceptors (Lipinski definition) is 2. The lowest BCUT2D eigenvalue weighted by Gasteiger charge is -2.20. The minimum atomic E-state index is -0.141. The molecular formula is C17H22FNS. The third kappa shape index (κ3) is 3.28. The van der Waals surface area contributed by atoms with Crippen molar-refractivity contribution in [2.45, 2.75) is 33.7 Å². The van der Waals surface area contributed by atoms with E-state index in [9.17, 15) is 4.39 Å². The average Bonchev–Trinajstić information content (AvgIpc) is 2.88. The van der Waals surface area contributed by atoms with Gasteiger partial charge < -0.3 is 5.32 Å². The number of nitrogens with one attached hydrogen (secondary N) is 1. The Morgan fingerprint density at radius 2 is 1.95 bits per heavy atom. The first-order chi connectivity index (χ1) is 9.52. The van der Waals surface area contributed by atoms with Gasteiger partial charge in [-0.3, -0.25) is 0 Å². The van der Waals surface area contributed by atoms with Gasteiger partial charge in [0, 0.05) is 15.8 Å². The number of halogens is 1. The van der Waals surface area contributed by atoms with Crippen molar-refractivity contribution in [2.24, 2.45) is 5.92 Å². The van der Waals surface area contributed by atoms with Crippen LogP contribution in [0.1, 0.15) is 37.3 Å². The van der Waals surface area contributed by atoms with Crippen LogP contribution in [-0.4, -0.2) is 6.54 Å². The second-order valence-corrected chi connectivity index (χ2v) is 6.56. The Morgan fingerprint density at radius 3 is 2.55 bits per heavy atom. The van der Waals surface area contributed by atoms with E-state index in [1.807, 2.05) is 19.1 Å². The van der Waals surface area contributed by atoms with Crippen molar-refractivity contribution in [3.63, 3.8) is 0 Å². The van der Waals surface area contributed by atoms with Gasteiger partial charge in [-0.1, -0.05) is 26.8 Å². The van der Waals surface area contributed by atoms with E-state index in [4.69, 9.17) is 0 Å². The van der Waals surface area contributed by atoms with E-state index in [0.29, 0.717) is 17.5 Å². The third-order valence-corrected chi connectivity index (χ3v) is 4.68. The highest BCUT2D eigenvalue weighted by molar-refractivity contribution is 7.15. The summed E-state index contributed by atoms with van der Waals surface area (Å²) in [6.07, 6.45) is 0. The first-order valence-corrected chi connectivity index (χ1v) is 7.94. The van der Waals surface area contributed by atoms with Crippen LogP contribution in [-0.2, 0) is 0 Å². The zero-order valence-corrected chi connectivity index (χ0v) is 13.4. The third-order valence-electron chi connectivity index (χ3n) is 3.47. The molecule has 1 aromatic carbocycles. The summed E-state index contributed by atoms with van der Waals surface area (Å²) in [5.41, 5.74) is 1.80. The molecule has 0 spiro atoms. The molecule has 0 bridgehead atoms. The van der Waals surface area contributed by atoms with Gasteiger partial charge >= 0.3 is 0 Å². The van der Waals surface area contributed by atoms with Gasteiger partial charge in [0.15, 0.2) is 0 Å². The molecular weight excluding hydrogens is 269 g/mol. The van der Waals surface area contributed by atoms with Crippen molar-refractivity contribution in [3.05, 3.63) is 46.6 Å². The topological polar surface area (TPSA) is 12.0 Å². The molecule has 2 aromatic rings. The molecule has 0 saturated carbocycles. The van der Waals surface area contributed by atoms with Crippen molar-refractivity contribution in [1.82, 2.24) is 5.32 Å². The Balaban J connectivity index is 2.29. The van der Waals surface area contributed by atoms with Gasteiger partial charge in [0.05, 0.1) is 0 Å². The van der Waals surface area contributed by atoms with Gasteiger partial charge in [0.25, 0.3) is 0 Å². The molecule has 2 rings (SSSR count). The quantitative estimate of drug-likeness (QED) is 0.801. The van der Waals surface area contributed by atoms with Gasteiger partial charge in [-0.05, 0) is 54.8 Å². The average molecular weight is 291 g/mol. The molecule has 1 heterocycles. The molecule has 0 amide bonds. The van der Waals surface area contributed by atoms with E-state index in [1.54, 1.807) is 17.4 Å². The minimum absolute atomic E-state index is 0.141. The summed E-state index contributed by atoms with van der Waals surface area (Å²) in [4.78, 5) is 2.55. The van der Waals surface area contributed by atoms with Crippen molar-refractivity contribution < 1.29 is 4.39 Å². The molecule has 1 atom stereocenters. The van der Waals surface area contributed by atoms with Gasteiger partial charge in [-0.2, -0.15) is 0 Å². The number of aryl methyl sites for hydroxylation is 1. The van der Waals surface area contributed by atoms with E-state index in [-0.39, 0.29) is 5.82 Å². The molecule has 0 fully saturated rings. The molecule has 0 saturated heterocycles. The fourth-order valence-electron chi connectivity index (χ4n) is 2.36. The maximum Gasteiger partial charge on any atom is 0.126 e. The first-order valence-electron chi connectivity index (χ1n) is 7.12. The number of thiophene rings is 1. The van der Waals surface area contributed by atoms with Crippen LogP contribution in [0.15, 0.2) is 30.3 Å². The van der Waals surface area contributed by atoms with E-state index in [2.05, 4.69) is 38.2 Å². The second kappa shape index (κ2) is 6.51. The summed E-state index contributed by atoms with van der Waals surface area (Å²) in [6, 6.07) is 10.0. The summed E-state index contributed by atoms with van der Waals surface area (Å²) in [7, 11) is 0. The minimum Gasteiger partial charge on any atom is -0.309 e. The van der Waals surface area contributed by atoms with Crippen LogP contribution < -0.4 is 5.32 Å². The summed E-state index contributed by atoms with van der Waals surface area (Å²) < 4.78 is 13.3. The Kier molecular flexibility index (Phi) is 4.95. The summed E-state index contributed by atoms with van der Waals surface area (Å²) >= 11 is 1.79. The van der Waals surface area contributed by atoms with Crippen molar-refractivity contribution in [3.8, 4) is 10.4 Å². The zero-order valence-electron chi connectivity index (χ0n) is 12.5. The van der Waals surface area contributed by atoms with Crippen LogP contribution >= 0.6 is 11.3 Å². The van der Waals surface area contributed by atoms with Crippen LogP contribution in [0.4, 0.5) is 4.39 Å². The maximum absolute atomic E-state index is 13.3. The summed E-state index contributed by atoms with van der Waals surface area (Å²) in [6.45, 7) is 9.37. The highest BCUT2D eigenvalue weighted by Gasteiger charge is 2.17. The van der Waals surface area contributed by atoms with E-state index < -0.39 is 0 Å². The lowest BCUT2D eigenvalue weighted by molar-refractivity contribution is 0.428. The first kappa shape index (κ1) is 15.2. The monoisotopic (exact) mass is 291 g/mol. The van der Waals surface area contributed by atoms with E-state index in [0.717, 1.165) is 12.1 Å². The normalized spacial score (nSPS) is 12.9. The van der Waals surface area contributed by atoms with Gasteiger partial charge in [-0.25, -0.2) is 4.39 Å². The SMILES string of the molecule is CCNC(c1ccc(-c2ccc(F)c(C)c2)s1)C(C)C. The molecule has 108 valence electrons. The van der Waals surface area contributed by atoms with Gasteiger partial charge in [0.2, 0.25) is 0 Å². The highest BCUT2D eigenvalue weighted by Crippen LogP contribution is 2.34. The second-order valence-electron chi connectivity index (χ2n) is 5.45. The van der Waals surface area contributed by atoms with Crippen molar-refractivity contribution >= 4 is 11.3 Å². The molecule has 0 aliphatic carbocycles. The predicted octanol–water partition coefficient (Wildman–Crippen LogP) is 5.17. The zero-order chi connectivity index (χ0) is 14.7. The van der Waals surface area contributed by atoms with Crippen LogP contribution in [0.5, 0.6) is 0 Å². The lowest BCUT2D eigenvalue weighted by atomic mass is 10.0. The number of rotatable bonds is 5. The smallest absolute Gasteiger partial charge is 0.126 e. The fourth-order valence-corrected chi connectivity index (χ4v) is 3.61. The van der Waals surface area contributed by atoms with Crippen molar-refractivity contribution in [1.29, 1.82) is 0 Å². The Morgan fingerprint density at radius 1 is 1.20 bits per heavy atom. The van der Waals surface area contributed by atoms with Gasteiger partial charge in [-0.15, -0.1) is 11.3 Å². The predicted molar refractivity (Wildman–Crippen MR) is 85.7 cm³/mol. The largest absolute Gasteiger partial charge is 0.309 e. The van der Waals surface area contributed by atoms with Crippen LogP contribution in [0.2, 0.25) is 0 Å². The Labute approximate surface area is 124 Å². The molecule has 0 radical (unpaired) electrons. The molecule has 1 unspecified atom stereocenters. The summed E-state index contributed by atoms with van der Waals surface area (Å²) in [5, 5.41) is 3.53. The lowest BCUT2D eigenvalue weighted by Crippen LogP contribution is -2.24. The molecule has 3 heteroatoms. The standard InChI is InChI=1S/C17H22FNS/c1-5-19-17(11(2)3)16-9-8-15(20-16)13-6-7-14(18)12(4)10-13/h6-11,17,19H,5H2,1-4H3.